The van der Waals surface area contributed by atoms with Crippen molar-refractivity contribution in [2.75, 3.05) is 39.8 Å². The molecule has 1 heterocycles. The van der Waals surface area contributed by atoms with Gasteiger partial charge in [-0.25, -0.2) is 4.39 Å². The molecule has 3 nitrogen and oxygen atoms in total. The maximum atomic E-state index is 14.0. The minimum absolute atomic E-state index is 0.139. The summed E-state index contributed by atoms with van der Waals surface area (Å²) in [6.45, 7) is 4.24. The van der Waals surface area contributed by atoms with Crippen LogP contribution in [-0.2, 0) is 0 Å². The molecule has 5 heteroatoms. The molecule has 1 aliphatic rings. The van der Waals surface area contributed by atoms with Gasteiger partial charge in [-0.1, -0.05) is 17.7 Å². The number of halogens is 2. The van der Waals surface area contributed by atoms with Crippen LogP contribution < -0.4 is 5.73 Å². The highest BCUT2D eigenvalue weighted by Crippen LogP contribution is 2.30. The summed E-state index contributed by atoms with van der Waals surface area (Å²) in [5, 5.41) is 0.466. The Bertz CT molecular complexity index is 407. The molecule has 0 spiro atoms. The summed E-state index contributed by atoms with van der Waals surface area (Å²) in [5.74, 6) is -0.263. The highest BCUT2D eigenvalue weighted by Gasteiger charge is 2.25. The summed E-state index contributed by atoms with van der Waals surface area (Å²) >= 11 is 6.16. The zero-order valence-corrected chi connectivity index (χ0v) is 12.0. The first-order valence-corrected chi connectivity index (χ1v) is 7.08. The lowest BCUT2D eigenvalue weighted by molar-refractivity contribution is 0.204. The van der Waals surface area contributed by atoms with E-state index in [-0.39, 0.29) is 11.9 Å². The van der Waals surface area contributed by atoms with Crippen LogP contribution >= 0.6 is 11.6 Å². The predicted molar refractivity (Wildman–Crippen MR) is 76.9 cm³/mol. The fraction of sp³-hybridized carbons (Fsp3) is 0.571. The molecule has 0 saturated carbocycles. The molecular weight excluding hydrogens is 265 g/mol. The van der Waals surface area contributed by atoms with Crippen LogP contribution in [0.1, 0.15) is 18.0 Å². The predicted octanol–water partition coefficient (Wildman–Crippen LogP) is 2.12. The molecular formula is C14H21ClFN3. The lowest BCUT2D eigenvalue weighted by Crippen LogP contribution is -2.37. The molecule has 1 aromatic rings. The maximum absolute atomic E-state index is 14.0. The first kappa shape index (κ1) is 14.7. The van der Waals surface area contributed by atoms with E-state index in [1.165, 1.54) is 6.07 Å². The summed E-state index contributed by atoms with van der Waals surface area (Å²) in [4.78, 5) is 4.53. The van der Waals surface area contributed by atoms with Crippen molar-refractivity contribution < 1.29 is 4.39 Å². The van der Waals surface area contributed by atoms with Crippen LogP contribution in [0.2, 0.25) is 5.02 Å². The van der Waals surface area contributed by atoms with Gasteiger partial charge in [0.25, 0.3) is 0 Å². The minimum atomic E-state index is -0.263. The Balaban J connectivity index is 2.24. The van der Waals surface area contributed by atoms with Crippen LogP contribution in [0.5, 0.6) is 0 Å². The molecule has 1 aromatic carbocycles. The maximum Gasteiger partial charge on any atom is 0.129 e. The summed E-state index contributed by atoms with van der Waals surface area (Å²) in [7, 11) is 2.11. The molecule has 2 rings (SSSR count). The van der Waals surface area contributed by atoms with Gasteiger partial charge in [0.05, 0.1) is 6.04 Å². The summed E-state index contributed by atoms with van der Waals surface area (Å²) in [6, 6.07) is 4.67. The van der Waals surface area contributed by atoms with Gasteiger partial charge in [0.15, 0.2) is 0 Å². The fourth-order valence-corrected chi connectivity index (χ4v) is 2.95. The normalized spacial score (nSPS) is 20.2. The third-order valence-electron chi connectivity index (χ3n) is 3.75. The van der Waals surface area contributed by atoms with Crippen molar-refractivity contribution in [2.45, 2.75) is 12.5 Å². The van der Waals surface area contributed by atoms with Gasteiger partial charge in [-0.05, 0) is 32.1 Å². The van der Waals surface area contributed by atoms with E-state index in [1.54, 1.807) is 12.1 Å². The topological polar surface area (TPSA) is 32.5 Å². The number of nitrogens with zero attached hydrogens (tertiary/aromatic N) is 2. The standard InChI is InChI=1S/C14H21ClFN3/c1-18-6-3-7-19(9-8-18)13(10-17)14-11(15)4-2-5-12(14)16/h2,4-5,13H,3,6-10,17H2,1H3. The fourth-order valence-electron chi connectivity index (χ4n) is 2.66. The Labute approximate surface area is 119 Å². The Hall–Kier alpha value is -0.680. The molecule has 1 fully saturated rings. The number of rotatable bonds is 3. The summed E-state index contributed by atoms with van der Waals surface area (Å²) in [6.07, 6.45) is 1.07. The molecule has 1 aliphatic heterocycles. The smallest absolute Gasteiger partial charge is 0.129 e. The van der Waals surface area contributed by atoms with E-state index in [9.17, 15) is 4.39 Å². The monoisotopic (exact) mass is 285 g/mol. The molecule has 19 heavy (non-hydrogen) atoms. The zero-order valence-electron chi connectivity index (χ0n) is 11.3. The van der Waals surface area contributed by atoms with E-state index in [1.807, 2.05) is 0 Å². The number of likely N-dealkylation sites (N-methyl/N-ethyl adjacent to an activating group) is 1. The lowest BCUT2D eigenvalue weighted by atomic mass is 10.0. The quantitative estimate of drug-likeness (QED) is 0.923. The van der Waals surface area contributed by atoms with Crippen molar-refractivity contribution in [3.8, 4) is 0 Å². The number of hydrogen-bond acceptors (Lipinski definition) is 3. The van der Waals surface area contributed by atoms with Gasteiger partial charge in [-0.15, -0.1) is 0 Å². The zero-order chi connectivity index (χ0) is 13.8. The molecule has 0 bridgehead atoms. The number of benzene rings is 1. The molecule has 0 amide bonds. The van der Waals surface area contributed by atoms with Crippen LogP contribution in [0.4, 0.5) is 4.39 Å². The van der Waals surface area contributed by atoms with Crippen molar-refractivity contribution in [1.82, 2.24) is 9.80 Å². The van der Waals surface area contributed by atoms with Crippen molar-refractivity contribution in [3.05, 3.63) is 34.6 Å². The number of hydrogen-bond donors (Lipinski definition) is 1. The minimum Gasteiger partial charge on any atom is -0.329 e. The van der Waals surface area contributed by atoms with Gasteiger partial charge in [0.2, 0.25) is 0 Å². The molecule has 1 unspecified atom stereocenters. The Kier molecular flexibility index (Phi) is 5.16. The number of nitrogens with two attached hydrogens (primary N) is 1. The molecule has 0 aromatic heterocycles. The van der Waals surface area contributed by atoms with Crippen molar-refractivity contribution in [1.29, 1.82) is 0 Å². The van der Waals surface area contributed by atoms with E-state index in [4.69, 9.17) is 17.3 Å². The van der Waals surface area contributed by atoms with E-state index in [2.05, 4.69) is 16.8 Å². The molecule has 0 aliphatic carbocycles. The van der Waals surface area contributed by atoms with Crippen LogP contribution in [0.25, 0.3) is 0 Å². The average Bonchev–Trinajstić information content (AvgIpc) is 2.59. The highest BCUT2D eigenvalue weighted by atomic mass is 35.5. The first-order valence-electron chi connectivity index (χ1n) is 6.70. The van der Waals surface area contributed by atoms with Crippen LogP contribution in [0.15, 0.2) is 18.2 Å². The van der Waals surface area contributed by atoms with Gasteiger partial charge in [0.1, 0.15) is 5.82 Å². The molecule has 1 atom stereocenters. The van der Waals surface area contributed by atoms with E-state index in [0.29, 0.717) is 17.1 Å². The Morgan fingerprint density at radius 1 is 1.32 bits per heavy atom. The Morgan fingerprint density at radius 2 is 2.11 bits per heavy atom. The third-order valence-corrected chi connectivity index (χ3v) is 4.08. The Morgan fingerprint density at radius 3 is 2.79 bits per heavy atom. The molecule has 106 valence electrons. The first-order chi connectivity index (χ1) is 9.13. The second-order valence-corrected chi connectivity index (χ2v) is 5.49. The van der Waals surface area contributed by atoms with Gasteiger partial charge >= 0.3 is 0 Å². The second kappa shape index (κ2) is 6.66. The summed E-state index contributed by atoms with van der Waals surface area (Å²) < 4.78 is 14.0. The highest BCUT2D eigenvalue weighted by molar-refractivity contribution is 6.31. The van der Waals surface area contributed by atoms with Gasteiger partial charge in [-0.3, -0.25) is 4.90 Å². The lowest BCUT2D eigenvalue weighted by Gasteiger charge is -2.30. The third kappa shape index (κ3) is 3.45. The van der Waals surface area contributed by atoms with Crippen molar-refractivity contribution >= 4 is 11.6 Å². The van der Waals surface area contributed by atoms with Crippen LogP contribution in [-0.4, -0.2) is 49.6 Å². The second-order valence-electron chi connectivity index (χ2n) is 5.08. The van der Waals surface area contributed by atoms with E-state index < -0.39 is 0 Å². The van der Waals surface area contributed by atoms with Crippen molar-refractivity contribution in [3.63, 3.8) is 0 Å². The van der Waals surface area contributed by atoms with Gasteiger partial charge in [-0.2, -0.15) is 0 Å². The van der Waals surface area contributed by atoms with Gasteiger partial charge in [0, 0.05) is 36.8 Å². The van der Waals surface area contributed by atoms with Crippen LogP contribution in [0.3, 0.4) is 0 Å². The van der Waals surface area contributed by atoms with Crippen molar-refractivity contribution in [2.24, 2.45) is 5.73 Å². The molecule has 0 radical (unpaired) electrons. The molecule has 2 N–H and O–H groups in total. The SMILES string of the molecule is CN1CCCN(C(CN)c2c(F)cccc2Cl)CC1. The molecule has 1 saturated heterocycles. The van der Waals surface area contributed by atoms with Gasteiger partial charge < -0.3 is 10.6 Å². The average molecular weight is 286 g/mol. The van der Waals surface area contributed by atoms with E-state index >= 15 is 0 Å². The largest absolute Gasteiger partial charge is 0.329 e. The van der Waals surface area contributed by atoms with E-state index in [0.717, 1.165) is 32.6 Å². The van der Waals surface area contributed by atoms with Crippen LogP contribution in [0, 0.1) is 5.82 Å². The summed E-state index contributed by atoms with van der Waals surface area (Å²) in [5.41, 5.74) is 6.42.